The number of nitrogens with zero attached hydrogens (tertiary/aromatic N) is 5. The second kappa shape index (κ2) is 25.2. The Bertz CT molecular complexity index is 3190. The molecule has 22 nitrogen and oxygen atoms in total. The zero-order valence-electron chi connectivity index (χ0n) is 41.6. The summed E-state index contributed by atoms with van der Waals surface area (Å²) in [6, 6.07) is 31.6. The summed E-state index contributed by atoms with van der Waals surface area (Å²) in [7, 11) is 0. The Labute approximate surface area is 445 Å². The lowest BCUT2D eigenvalue weighted by Crippen LogP contribution is -2.25. The lowest BCUT2D eigenvalue weighted by Gasteiger charge is -2.14. The van der Waals surface area contributed by atoms with E-state index in [4.69, 9.17) is 14.2 Å². The molecule has 77 heavy (non-hydrogen) atoms. The van der Waals surface area contributed by atoms with Crippen LogP contribution in [0.2, 0.25) is 0 Å². The number of aromatic hydroxyl groups is 1. The molecule has 3 aliphatic heterocycles. The lowest BCUT2D eigenvalue weighted by molar-refractivity contribution is -0.139. The Morgan fingerprint density at radius 1 is 0.740 bits per heavy atom. The second-order valence-corrected chi connectivity index (χ2v) is 18.2. The first-order valence-electron chi connectivity index (χ1n) is 24.5. The van der Waals surface area contributed by atoms with E-state index in [1.165, 1.54) is 24.3 Å². The van der Waals surface area contributed by atoms with Crippen LogP contribution in [0.3, 0.4) is 0 Å². The molecule has 0 saturated carbocycles. The summed E-state index contributed by atoms with van der Waals surface area (Å²) in [5.74, 6) is -0.0732. The predicted molar refractivity (Wildman–Crippen MR) is 293 cm³/mol. The van der Waals surface area contributed by atoms with Crippen LogP contribution < -0.4 is 47.3 Å². The number of carbonyl (C=O) groups is 5. The average molecular weight is 1060 g/mol. The van der Waals surface area contributed by atoms with E-state index >= 15 is 0 Å². The maximum atomic E-state index is 13.6. The summed E-state index contributed by atoms with van der Waals surface area (Å²) in [5.41, 5.74) is 5.04. The van der Waals surface area contributed by atoms with Crippen LogP contribution in [0, 0.1) is 0 Å². The van der Waals surface area contributed by atoms with Crippen LogP contribution in [0.1, 0.15) is 39.7 Å². The second-order valence-electron chi connectivity index (χ2n) is 17.1. The van der Waals surface area contributed by atoms with Crippen LogP contribution in [-0.4, -0.2) is 114 Å². The molecule has 5 aromatic carbocycles. The number of anilines is 5. The smallest absolute Gasteiger partial charge is 0.344 e. The highest BCUT2D eigenvalue weighted by Crippen LogP contribution is 2.41. The fourth-order valence-electron chi connectivity index (χ4n) is 7.92. The molecule has 6 aromatic rings. The normalized spacial score (nSPS) is 14.2. The number of Topliss-reactive ketones (excluding diaryl/α,β-unsaturated/α-hetero) is 1. The van der Waals surface area contributed by atoms with Gasteiger partial charge >= 0.3 is 18.0 Å². The van der Waals surface area contributed by atoms with Gasteiger partial charge in [-0.3, -0.25) is 19.6 Å². The first-order chi connectivity index (χ1) is 37.5. The molecule has 0 fully saturated rings. The van der Waals surface area contributed by atoms with E-state index in [1.54, 1.807) is 60.3 Å². The molecule has 0 bridgehead atoms. The van der Waals surface area contributed by atoms with Gasteiger partial charge in [-0.1, -0.05) is 41.2 Å². The summed E-state index contributed by atoms with van der Waals surface area (Å²) in [5, 5.41) is 42.9. The van der Waals surface area contributed by atoms with Crippen molar-refractivity contribution in [2.75, 3.05) is 79.2 Å². The fraction of sp³-hybridized carbons (Fsp3) is 0.204. The summed E-state index contributed by atoms with van der Waals surface area (Å²) in [6.07, 6.45) is 3.25. The number of urea groups is 2. The highest BCUT2D eigenvalue weighted by atomic mass is 32.2. The van der Waals surface area contributed by atoms with Gasteiger partial charge in [0, 0.05) is 58.2 Å². The quantitative estimate of drug-likeness (QED) is 0.0160. The number of esters is 1. The molecule has 9 N–H and O–H groups in total. The molecule has 3 aliphatic rings. The average Bonchev–Trinajstić information content (AvgIpc) is 4.29. The molecule has 1 aromatic heterocycles. The van der Waals surface area contributed by atoms with Crippen molar-refractivity contribution < 1.29 is 43.3 Å². The van der Waals surface area contributed by atoms with Crippen molar-refractivity contribution in [3.05, 3.63) is 165 Å². The Balaban J connectivity index is 0.749. The number of aliphatic imine (C=N–C) groups is 2. The molecule has 0 saturated heterocycles. The number of amidine groups is 2. The van der Waals surface area contributed by atoms with Crippen molar-refractivity contribution in [1.82, 2.24) is 30.9 Å². The molecular weight excluding hydrogens is 1010 g/mol. The number of nitrogens with one attached hydrogen (secondary N) is 8. The van der Waals surface area contributed by atoms with Gasteiger partial charge in [0.2, 0.25) is 5.78 Å². The first-order valence-corrected chi connectivity index (χ1v) is 25.3. The van der Waals surface area contributed by atoms with Gasteiger partial charge in [0.1, 0.15) is 29.5 Å². The fourth-order valence-corrected chi connectivity index (χ4v) is 8.98. The summed E-state index contributed by atoms with van der Waals surface area (Å²) in [6.45, 7) is 5.62. The maximum absolute atomic E-state index is 13.6. The van der Waals surface area contributed by atoms with Gasteiger partial charge in [-0.15, -0.1) is 5.10 Å². The van der Waals surface area contributed by atoms with Gasteiger partial charge in [0.05, 0.1) is 62.1 Å². The van der Waals surface area contributed by atoms with Gasteiger partial charge in [-0.05, 0) is 110 Å². The molecule has 0 atom stereocenters. The number of ether oxygens (including phenoxy) is 3. The Morgan fingerprint density at radius 3 is 1.97 bits per heavy atom. The largest absolute Gasteiger partial charge is 0.504 e. The van der Waals surface area contributed by atoms with Crippen molar-refractivity contribution >= 4 is 87.7 Å². The number of allylic oxidation sites excluding steroid dienone is 1. The number of aromatic nitrogens is 3. The third-order valence-electron chi connectivity index (χ3n) is 11.5. The van der Waals surface area contributed by atoms with Crippen LogP contribution in [0.4, 0.5) is 38.0 Å². The summed E-state index contributed by atoms with van der Waals surface area (Å²) < 4.78 is 18.2. The van der Waals surface area contributed by atoms with Crippen molar-refractivity contribution in [2.24, 2.45) is 9.98 Å². The number of benzene rings is 5. The van der Waals surface area contributed by atoms with Crippen molar-refractivity contribution in [3.63, 3.8) is 0 Å². The molecule has 0 radical (unpaired) electrons. The molecule has 0 aliphatic carbocycles. The van der Waals surface area contributed by atoms with Crippen LogP contribution in [0.5, 0.6) is 11.5 Å². The number of rotatable bonds is 21. The minimum atomic E-state index is -0.723. The number of carbonyl (C=O) groups excluding carboxylic acids is 5. The molecular formula is C54H53N13O9S. The number of phenolic OH excluding ortho intramolecular Hbond substituents is 1. The highest BCUT2D eigenvalue weighted by Gasteiger charge is 2.35. The van der Waals surface area contributed by atoms with Gasteiger partial charge in [0.15, 0.2) is 11.5 Å². The van der Waals surface area contributed by atoms with E-state index < -0.39 is 29.7 Å². The topological polar surface area (TPSA) is 285 Å². The molecule has 5 amide bonds. The number of hydrogen-bond acceptors (Lipinski definition) is 17. The van der Waals surface area contributed by atoms with E-state index in [0.29, 0.717) is 53.0 Å². The van der Waals surface area contributed by atoms with Crippen LogP contribution in [-0.2, 0) is 32.2 Å². The van der Waals surface area contributed by atoms with Crippen LogP contribution in [0.25, 0.3) is 6.08 Å². The summed E-state index contributed by atoms with van der Waals surface area (Å²) >= 11 is 1.11. The number of phenols is 1. The van der Waals surface area contributed by atoms with Gasteiger partial charge in [-0.2, -0.15) is 0 Å². The van der Waals surface area contributed by atoms with E-state index in [0.717, 1.165) is 47.6 Å². The number of amides is 5. The third kappa shape index (κ3) is 14.2. The van der Waals surface area contributed by atoms with E-state index in [1.807, 2.05) is 54.6 Å². The summed E-state index contributed by atoms with van der Waals surface area (Å²) in [4.78, 5) is 75.3. The number of ketones is 1. The van der Waals surface area contributed by atoms with Crippen LogP contribution >= 0.6 is 11.8 Å². The number of para-hydroxylation sites is 1. The Morgan fingerprint density at radius 2 is 1.38 bits per heavy atom. The van der Waals surface area contributed by atoms with Gasteiger partial charge in [0.25, 0.3) is 5.91 Å². The minimum absolute atomic E-state index is 0.0113. The SMILES string of the molecule is CCOC(=O)C1=C(Nc2ccccc2)S/C(=C\c2ccc(OCCOCCn3cc(CNC(=O)c4cc(NC(=O)Nc5ccc(C6=NCCN6)cc5)cc(NC(=O)Nc5ccc(C6=NCCN6)cc5)c4)nn3)c(O)c2)C1=O. The van der Waals surface area contributed by atoms with Gasteiger partial charge < -0.3 is 61.9 Å². The Hall–Kier alpha value is -9.48. The number of hydrogen-bond donors (Lipinski definition) is 9. The number of thioether (sulfide) groups is 1. The molecule has 23 heteroatoms. The van der Waals surface area contributed by atoms with Crippen molar-refractivity contribution in [3.8, 4) is 11.5 Å². The third-order valence-corrected chi connectivity index (χ3v) is 12.6. The molecule has 4 heterocycles. The van der Waals surface area contributed by atoms with Crippen molar-refractivity contribution in [2.45, 2.75) is 20.0 Å². The predicted octanol–water partition coefficient (Wildman–Crippen LogP) is 6.54. The van der Waals surface area contributed by atoms with E-state index in [9.17, 15) is 29.1 Å². The molecule has 9 rings (SSSR count). The Kier molecular flexibility index (Phi) is 17.1. The van der Waals surface area contributed by atoms with E-state index in [-0.39, 0.29) is 71.9 Å². The van der Waals surface area contributed by atoms with Crippen LogP contribution in [0.15, 0.2) is 147 Å². The zero-order chi connectivity index (χ0) is 53.5. The highest BCUT2D eigenvalue weighted by molar-refractivity contribution is 8.08. The molecule has 0 unspecified atom stereocenters. The van der Waals surface area contributed by atoms with Crippen molar-refractivity contribution in [1.29, 1.82) is 0 Å². The molecule has 0 spiro atoms. The van der Waals surface area contributed by atoms with E-state index in [2.05, 4.69) is 62.8 Å². The zero-order valence-corrected chi connectivity index (χ0v) is 42.4. The molecule has 394 valence electrons. The standard InChI is InChI=1S/C54H53N13O9S/c1-2-75-52(71)46-47(69)45(77-51(46)60-37-6-4-3-5-7-37)27-33-8-17-44(43(68)26-33)76-25-24-74-23-22-67-32-42(65-66-67)31-59-50(70)36-28-40(63-53(72)61-38-13-9-34(10-14-38)48-55-18-19-56-48)30-41(29-36)64-54(73)62-39-15-11-35(12-16-39)49-57-20-21-58-49/h3-17,26-30,32,60,68H,2,18-25,31H2,1H3,(H,55,56)(H,57,58)(H,59,70)(H2,61,63,72)(H2,62,64,73)/b45-27-. The van der Waals surface area contributed by atoms with Gasteiger partial charge in [-0.25, -0.2) is 19.1 Å². The maximum Gasteiger partial charge on any atom is 0.344 e. The monoisotopic (exact) mass is 1060 g/mol. The minimum Gasteiger partial charge on any atom is -0.504 e. The first kappa shape index (κ1) is 52.4. The lowest BCUT2D eigenvalue weighted by atomic mass is 10.1.